The molecule has 0 bridgehead atoms. The van der Waals surface area contributed by atoms with Crippen molar-refractivity contribution in [1.29, 1.82) is 0 Å². The standard InChI is InChI=1S/C21H17NO3S/c1-15-5-8-20(9-6-15)26(24,25)22-12-11-18-13-17(7-10-21(18)22)16-3-2-4-19(23)14-16/h2-14,23H,1H3. The first-order chi connectivity index (χ1) is 12.4. The van der Waals surface area contributed by atoms with Gasteiger partial charge in [-0.25, -0.2) is 12.4 Å². The van der Waals surface area contributed by atoms with Gasteiger partial charge in [-0.15, -0.1) is 0 Å². The predicted molar refractivity (Wildman–Crippen MR) is 103 cm³/mol. The van der Waals surface area contributed by atoms with E-state index in [2.05, 4.69) is 0 Å². The fourth-order valence-electron chi connectivity index (χ4n) is 3.02. The van der Waals surface area contributed by atoms with E-state index in [1.807, 2.05) is 25.1 Å². The molecule has 0 spiro atoms. The van der Waals surface area contributed by atoms with Crippen molar-refractivity contribution in [2.24, 2.45) is 0 Å². The number of hydrogen-bond donors (Lipinski definition) is 1. The normalized spacial score (nSPS) is 11.7. The van der Waals surface area contributed by atoms with Crippen LogP contribution in [-0.2, 0) is 10.0 Å². The van der Waals surface area contributed by atoms with Crippen LogP contribution in [0.1, 0.15) is 5.56 Å². The monoisotopic (exact) mass is 363 g/mol. The van der Waals surface area contributed by atoms with Crippen LogP contribution in [0.25, 0.3) is 22.0 Å². The smallest absolute Gasteiger partial charge is 0.268 e. The summed E-state index contributed by atoms with van der Waals surface area (Å²) < 4.78 is 27.2. The number of benzene rings is 3. The maximum absolute atomic E-state index is 12.9. The lowest BCUT2D eigenvalue weighted by Crippen LogP contribution is -2.11. The Morgan fingerprint density at radius 1 is 0.846 bits per heavy atom. The number of rotatable bonds is 3. The van der Waals surface area contributed by atoms with E-state index < -0.39 is 10.0 Å². The second kappa shape index (κ2) is 6.04. The van der Waals surface area contributed by atoms with Crippen molar-refractivity contribution >= 4 is 20.9 Å². The highest BCUT2D eigenvalue weighted by atomic mass is 32.2. The SMILES string of the molecule is Cc1ccc(S(=O)(=O)n2ccc3cc(-c4cccc(O)c4)ccc32)cc1. The minimum atomic E-state index is -3.65. The van der Waals surface area contributed by atoms with Gasteiger partial charge in [0.15, 0.2) is 0 Å². The minimum Gasteiger partial charge on any atom is -0.508 e. The molecule has 0 unspecified atom stereocenters. The molecule has 0 aliphatic carbocycles. The zero-order valence-corrected chi connectivity index (χ0v) is 14.9. The highest BCUT2D eigenvalue weighted by Crippen LogP contribution is 2.29. The summed E-state index contributed by atoms with van der Waals surface area (Å²) in [7, 11) is -3.65. The van der Waals surface area contributed by atoms with Gasteiger partial charge in [0.05, 0.1) is 10.4 Å². The van der Waals surface area contributed by atoms with E-state index in [-0.39, 0.29) is 10.6 Å². The van der Waals surface area contributed by atoms with Crippen LogP contribution in [0.15, 0.2) is 83.9 Å². The Balaban J connectivity index is 1.82. The number of aryl methyl sites for hydroxylation is 1. The van der Waals surface area contributed by atoms with Gasteiger partial charge in [-0.05, 0) is 60.5 Å². The van der Waals surface area contributed by atoms with Crippen molar-refractivity contribution in [2.75, 3.05) is 0 Å². The van der Waals surface area contributed by atoms with Crippen molar-refractivity contribution in [3.05, 3.63) is 84.6 Å². The fraction of sp³-hybridized carbons (Fsp3) is 0.0476. The summed E-state index contributed by atoms with van der Waals surface area (Å²) in [6, 6.07) is 21.2. The summed E-state index contributed by atoms with van der Waals surface area (Å²) in [5.41, 5.74) is 3.42. The molecule has 4 rings (SSSR count). The average Bonchev–Trinajstić information content (AvgIpc) is 3.06. The Morgan fingerprint density at radius 3 is 2.31 bits per heavy atom. The minimum absolute atomic E-state index is 0.196. The second-order valence-electron chi connectivity index (χ2n) is 6.25. The summed E-state index contributed by atoms with van der Waals surface area (Å²) in [5, 5.41) is 10.5. The van der Waals surface area contributed by atoms with Crippen LogP contribution in [0.4, 0.5) is 0 Å². The van der Waals surface area contributed by atoms with E-state index in [0.29, 0.717) is 5.52 Å². The molecule has 0 saturated carbocycles. The third kappa shape index (κ3) is 2.76. The molecule has 1 heterocycles. The van der Waals surface area contributed by atoms with Crippen molar-refractivity contribution in [3.8, 4) is 16.9 Å². The third-order valence-electron chi connectivity index (χ3n) is 4.41. The third-order valence-corrected chi connectivity index (χ3v) is 6.12. The molecule has 0 aliphatic rings. The predicted octanol–water partition coefficient (Wildman–Crippen LogP) is 4.56. The van der Waals surface area contributed by atoms with Crippen LogP contribution in [0, 0.1) is 6.92 Å². The zero-order chi connectivity index (χ0) is 18.3. The van der Waals surface area contributed by atoms with Crippen molar-refractivity contribution in [2.45, 2.75) is 11.8 Å². The lowest BCUT2D eigenvalue weighted by Gasteiger charge is -2.09. The van der Waals surface area contributed by atoms with Crippen LogP contribution in [0.3, 0.4) is 0 Å². The van der Waals surface area contributed by atoms with Crippen LogP contribution >= 0.6 is 0 Å². The number of fused-ring (bicyclic) bond motifs is 1. The fourth-order valence-corrected chi connectivity index (χ4v) is 4.37. The zero-order valence-electron chi connectivity index (χ0n) is 14.1. The molecule has 3 aromatic carbocycles. The first kappa shape index (κ1) is 16.4. The Morgan fingerprint density at radius 2 is 1.58 bits per heavy atom. The van der Waals surface area contributed by atoms with E-state index in [1.165, 1.54) is 3.97 Å². The molecule has 4 nitrogen and oxygen atoms in total. The van der Waals surface area contributed by atoms with Gasteiger partial charge in [0.1, 0.15) is 5.75 Å². The molecule has 0 atom stereocenters. The number of phenolic OH excluding ortho intramolecular Hbond substituents is 1. The number of nitrogens with zero attached hydrogens (tertiary/aromatic N) is 1. The summed E-state index contributed by atoms with van der Waals surface area (Å²) in [4.78, 5) is 0.262. The largest absolute Gasteiger partial charge is 0.508 e. The lowest BCUT2D eigenvalue weighted by molar-refractivity contribution is 0.475. The number of aromatic nitrogens is 1. The first-order valence-corrected chi connectivity index (χ1v) is 9.62. The van der Waals surface area contributed by atoms with Gasteiger partial charge >= 0.3 is 0 Å². The summed E-state index contributed by atoms with van der Waals surface area (Å²) in [6.07, 6.45) is 1.58. The molecule has 0 fully saturated rings. The van der Waals surface area contributed by atoms with E-state index in [4.69, 9.17) is 0 Å². The highest BCUT2D eigenvalue weighted by Gasteiger charge is 2.18. The van der Waals surface area contributed by atoms with Crippen molar-refractivity contribution in [1.82, 2.24) is 3.97 Å². The molecule has 0 saturated heterocycles. The van der Waals surface area contributed by atoms with Gasteiger partial charge in [0.25, 0.3) is 10.0 Å². The molecular formula is C21H17NO3S. The Kier molecular flexibility index (Phi) is 3.81. The molecule has 26 heavy (non-hydrogen) atoms. The van der Waals surface area contributed by atoms with Gasteiger partial charge < -0.3 is 5.11 Å². The summed E-state index contributed by atoms with van der Waals surface area (Å²) >= 11 is 0. The van der Waals surface area contributed by atoms with E-state index in [9.17, 15) is 13.5 Å². The van der Waals surface area contributed by atoms with Gasteiger partial charge in [-0.3, -0.25) is 0 Å². The lowest BCUT2D eigenvalue weighted by atomic mass is 10.0. The quantitative estimate of drug-likeness (QED) is 0.580. The Labute approximate surface area is 152 Å². The van der Waals surface area contributed by atoms with E-state index in [0.717, 1.165) is 22.1 Å². The van der Waals surface area contributed by atoms with Crippen LogP contribution < -0.4 is 0 Å². The van der Waals surface area contributed by atoms with Crippen molar-refractivity contribution < 1.29 is 13.5 Å². The molecular weight excluding hydrogens is 346 g/mol. The molecule has 0 amide bonds. The summed E-state index contributed by atoms with van der Waals surface area (Å²) in [5.74, 6) is 0.196. The molecule has 4 aromatic rings. The van der Waals surface area contributed by atoms with Gasteiger partial charge in [-0.2, -0.15) is 0 Å². The van der Waals surface area contributed by atoms with Crippen molar-refractivity contribution in [3.63, 3.8) is 0 Å². The van der Waals surface area contributed by atoms with Gasteiger partial charge in [0, 0.05) is 11.6 Å². The van der Waals surface area contributed by atoms with Crippen LogP contribution in [0.2, 0.25) is 0 Å². The Bertz CT molecular complexity index is 1210. The van der Waals surface area contributed by atoms with Crippen LogP contribution in [-0.4, -0.2) is 17.5 Å². The molecule has 130 valence electrons. The maximum Gasteiger partial charge on any atom is 0.268 e. The highest BCUT2D eigenvalue weighted by molar-refractivity contribution is 7.90. The number of hydrogen-bond acceptors (Lipinski definition) is 3. The molecule has 1 N–H and O–H groups in total. The molecule has 1 aromatic heterocycles. The van der Waals surface area contributed by atoms with Gasteiger partial charge in [-0.1, -0.05) is 35.9 Å². The summed E-state index contributed by atoms with van der Waals surface area (Å²) in [6.45, 7) is 1.92. The molecule has 5 heteroatoms. The Hall–Kier alpha value is -3.05. The number of aromatic hydroxyl groups is 1. The number of phenols is 1. The topological polar surface area (TPSA) is 59.3 Å². The average molecular weight is 363 g/mol. The van der Waals surface area contributed by atoms with Crippen LogP contribution in [0.5, 0.6) is 5.75 Å². The van der Waals surface area contributed by atoms with E-state index >= 15 is 0 Å². The maximum atomic E-state index is 12.9. The van der Waals surface area contributed by atoms with E-state index in [1.54, 1.807) is 60.8 Å². The first-order valence-electron chi connectivity index (χ1n) is 8.18. The van der Waals surface area contributed by atoms with Gasteiger partial charge in [0.2, 0.25) is 0 Å². The molecule has 0 aliphatic heterocycles. The second-order valence-corrected chi connectivity index (χ2v) is 8.07. The molecule has 0 radical (unpaired) electrons.